The molecule has 0 saturated carbocycles. The molecule has 0 saturated heterocycles. The molecule has 0 fully saturated rings. The number of Topliss-reactive ketones (excluding diaryl/α,β-unsaturated/α-hetero) is 1. The predicted octanol–water partition coefficient (Wildman–Crippen LogP) is 0.645. The van der Waals surface area contributed by atoms with E-state index in [1.807, 2.05) is 6.92 Å². The Morgan fingerprint density at radius 2 is 2.08 bits per heavy atom. The third-order valence-corrected chi connectivity index (χ3v) is 1.53. The molecule has 0 spiro atoms. The zero-order valence-corrected chi connectivity index (χ0v) is 6.95. The summed E-state index contributed by atoms with van der Waals surface area (Å²) >= 11 is 0. The number of carbonyl (C=O) groups excluding carboxylic acids is 2. The van der Waals surface area contributed by atoms with Crippen LogP contribution in [0.3, 0.4) is 0 Å². The molecule has 68 valence electrons. The number of hydrogen-bond acceptors (Lipinski definition) is 3. The van der Waals surface area contributed by atoms with Gasteiger partial charge in [-0.2, -0.15) is 0 Å². The maximum absolute atomic E-state index is 11.0. The number of rotatable bonds is 6. The van der Waals surface area contributed by atoms with Gasteiger partial charge in [-0.15, -0.1) is 0 Å². The molecule has 0 aliphatic carbocycles. The third-order valence-electron chi connectivity index (χ3n) is 1.53. The van der Waals surface area contributed by atoms with Crippen LogP contribution in [-0.2, 0) is 14.4 Å². The van der Waals surface area contributed by atoms with E-state index in [-0.39, 0.29) is 12.7 Å². The molecule has 0 bridgehead atoms. The summed E-state index contributed by atoms with van der Waals surface area (Å²) in [5.41, 5.74) is 0. The molecule has 4 heteroatoms. The second-order valence-corrected chi connectivity index (χ2v) is 2.52. The molecule has 0 aliphatic heterocycles. The standard InChI is InChI=1S/C8H12O4/c1-2-3-4-7(10)6(5-9)8(11)12/h5-6H,2-4H2,1H3,(H,11,12). The van der Waals surface area contributed by atoms with Gasteiger partial charge in [0, 0.05) is 6.42 Å². The topological polar surface area (TPSA) is 71.4 Å². The number of aliphatic carboxylic acids is 1. The van der Waals surface area contributed by atoms with Gasteiger partial charge in [-0.3, -0.25) is 9.59 Å². The molecular weight excluding hydrogens is 160 g/mol. The highest BCUT2D eigenvalue weighted by Crippen LogP contribution is 2.03. The van der Waals surface area contributed by atoms with E-state index in [0.717, 1.165) is 6.42 Å². The summed E-state index contributed by atoms with van der Waals surface area (Å²) in [6.07, 6.45) is 1.81. The van der Waals surface area contributed by atoms with Crippen LogP contribution in [0.2, 0.25) is 0 Å². The van der Waals surface area contributed by atoms with Gasteiger partial charge in [0.2, 0.25) is 0 Å². The SMILES string of the molecule is CCCCC(=O)C(C=O)C(=O)O. The average molecular weight is 172 g/mol. The van der Waals surface area contributed by atoms with E-state index in [1.165, 1.54) is 0 Å². The summed E-state index contributed by atoms with van der Waals surface area (Å²) in [5, 5.41) is 8.39. The second kappa shape index (κ2) is 5.46. The first-order chi connectivity index (χ1) is 5.63. The van der Waals surface area contributed by atoms with Crippen molar-refractivity contribution in [1.29, 1.82) is 0 Å². The normalized spacial score (nSPS) is 12.1. The van der Waals surface area contributed by atoms with Crippen molar-refractivity contribution in [2.24, 2.45) is 5.92 Å². The van der Waals surface area contributed by atoms with Crippen LogP contribution in [0.4, 0.5) is 0 Å². The van der Waals surface area contributed by atoms with Gasteiger partial charge in [-0.05, 0) is 6.42 Å². The van der Waals surface area contributed by atoms with E-state index in [1.54, 1.807) is 0 Å². The predicted molar refractivity (Wildman–Crippen MR) is 41.7 cm³/mol. The van der Waals surface area contributed by atoms with Crippen LogP contribution < -0.4 is 0 Å². The molecule has 0 amide bonds. The maximum atomic E-state index is 11.0. The highest BCUT2D eigenvalue weighted by atomic mass is 16.4. The highest BCUT2D eigenvalue weighted by Gasteiger charge is 2.24. The van der Waals surface area contributed by atoms with Crippen LogP contribution in [0.5, 0.6) is 0 Å². The van der Waals surface area contributed by atoms with Crippen molar-refractivity contribution in [3.05, 3.63) is 0 Å². The molecular formula is C8H12O4. The molecule has 0 radical (unpaired) electrons. The van der Waals surface area contributed by atoms with Crippen molar-refractivity contribution in [2.45, 2.75) is 26.2 Å². The number of carboxylic acid groups (broad SMARTS) is 1. The van der Waals surface area contributed by atoms with E-state index >= 15 is 0 Å². The summed E-state index contributed by atoms with van der Waals surface area (Å²) in [5.74, 6) is -3.32. The lowest BCUT2D eigenvalue weighted by molar-refractivity contribution is -0.147. The van der Waals surface area contributed by atoms with Crippen LogP contribution in [0.25, 0.3) is 0 Å². The second-order valence-electron chi connectivity index (χ2n) is 2.52. The molecule has 0 aromatic carbocycles. The fourth-order valence-electron chi connectivity index (χ4n) is 0.778. The molecule has 0 aliphatic rings. The van der Waals surface area contributed by atoms with Gasteiger partial charge in [0.1, 0.15) is 6.29 Å². The Labute approximate surface area is 70.6 Å². The van der Waals surface area contributed by atoms with Gasteiger partial charge in [0.25, 0.3) is 0 Å². The van der Waals surface area contributed by atoms with E-state index in [0.29, 0.717) is 6.42 Å². The monoisotopic (exact) mass is 172 g/mol. The molecule has 0 rings (SSSR count). The average Bonchev–Trinajstić information content (AvgIpc) is 2.01. The molecule has 1 atom stereocenters. The Balaban J connectivity index is 4.03. The molecule has 0 heterocycles. The molecule has 4 nitrogen and oxygen atoms in total. The van der Waals surface area contributed by atoms with E-state index in [4.69, 9.17) is 5.11 Å². The maximum Gasteiger partial charge on any atom is 0.321 e. The van der Waals surface area contributed by atoms with Crippen LogP contribution in [0.15, 0.2) is 0 Å². The highest BCUT2D eigenvalue weighted by molar-refractivity contribution is 6.10. The molecule has 1 unspecified atom stereocenters. The van der Waals surface area contributed by atoms with Gasteiger partial charge in [0.15, 0.2) is 11.7 Å². The number of unbranched alkanes of at least 4 members (excludes halogenated alkanes) is 1. The van der Waals surface area contributed by atoms with Crippen molar-refractivity contribution in [1.82, 2.24) is 0 Å². The first-order valence-electron chi connectivity index (χ1n) is 3.84. The molecule has 12 heavy (non-hydrogen) atoms. The number of ketones is 1. The minimum absolute atomic E-state index is 0.173. The minimum atomic E-state index is -1.46. The van der Waals surface area contributed by atoms with Crippen molar-refractivity contribution in [3.63, 3.8) is 0 Å². The quantitative estimate of drug-likeness (QED) is 0.471. The zero-order valence-electron chi connectivity index (χ0n) is 6.95. The van der Waals surface area contributed by atoms with Gasteiger partial charge in [-0.1, -0.05) is 13.3 Å². The van der Waals surface area contributed by atoms with E-state index < -0.39 is 17.7 Å². The van der Waals surface area contributed by atoms with Crippen LogP contribution in [0.1, 0.15) is 26.2 Å². The number of carboxylic acids is 1. The summed E-state index contributed by atoms with van der Waals surface area (Å²) in [6, 6.07) is 0. The Kier molecular flexibility index (Phi) is 4.92. The van der Waals surface area contributed by atoms with Gasteiger partial charge in [0.05, 0.1) is 0 Å². The van der Waals surface area contributed by atoms with Gasteiger partial charge in [-0.25, -0.2) is 0 Å². The number of hydrogen-bond donors (Lipinski definition) is 1. The van der Waals surface area contributed by atoms with Crippen LogP contribution in [-0.4, -0.2) is 23.1 Å². The largest absolute Gasteiger partial charge is 0.480 e. The first kappa shape index (κ1) is 10.8. The van der Waals surface area contributed by atoms with Crippen LogP contribution in [0, 0.1) is 5.92 Å². The molecule has 0 aromatic heterocycles. The smallest absolute Gasteiger partial charge is 0.321 e. The van der Waals surface area contributed by atoms with E-state index in [9.17, 15) is 14.4 Å². The van der Waals surface area contributed by atoms with Gasteiger partial charge >= 0.3 is 5.97 Å². The Bertz CT molecular complexity index is 185. The third kappa shape index (κ3) is 3.27. The minimum Gasteiger partial charge on any atom is -0.480 e. The summed E-state index contributed by atoms with van der Waals surface area (Å²) in [4.78, 5) is 31.4. The first-order valence-corrected chi connectivity index (χ1v) is 3.84. The number of aldehydes is 1. The Hall–Kier alpha value is -1.19. The van der Waals surface area contributed by atoms with E-state index in [2.05, 4.69) is 0 Å². The molecule has 1 N–H and O–H groups in total. The number of carbonyl (C=O) groups is 3. The Morgan fingerprint density at radius 3 is 2.42 bits per heavy atom. The fourth-order valence-corrected chi connectivity index (χ4v) is 0.778. The lowest BCUT2D eigenvalue weighted by Crippen LogP contribution is -2.24. The van der Waals surface area contributed by atoms with Crippen molar-refractivity contribution < 1.29 is 19.5 Å². The fraction of sp³-hybridized carbons (Fsp3) is 0.625. The van der Waals surface area contributed by atoms with Crippen molar-refractivity contribution in [2.75, 3.05) is 0 Å². The van der Waals surface area contributed by atoms with Crippen molar-refractivity contribution >= 4 is 18.0 Å². The zero-order chi connectivity index (χ0) is 9.56. The lowest BCUT2D eigenvalue weighted by atomic mass is 10.0. The lowest BCUT2D eigenvalue weighted by Gasteiger charge is -2.01. The van der Waals surface area contributed by atoms with Crippen molar-refractivity contribution in [3.8, 4) is 0 Å². The van der Waals surface area contributed by atoms with Crippen LogP contribution >= 0.6 is 0 Å². The van der Waals surface area contributed by atoms with Gasteiger partial charge < -0.3 is 9.90 Å². The summed E-state index contributed by atoms with van der Waals surface area (Å²) in [6.45, 7) is 1.89. The summed E-state index contributed by atoms with van der Waals surface area (Å²) in [7, 11) is 0. The summed E-state index contributed by atoms with van der Waals surface area (Å²) < 4.78 is 0. The Morgan fingerprint density at radius 1 is 1.50 bits per heavy atom. The molecule has 0 aromatic rings.